The standard InChI is InChI=1S/C23H19F2NS/c1-2-3-4-16-5-7-17(8-6-16)18-9-11-19(12-10-18)23-21(24)13-20(26-15-27)14-22(23)25/h5-14H,2-4H2,1H3. The van der Waals surface area contributed by atoms with Gasteiger partial charge in [-0.25, -0.2) is 8.78 Å². The van der Waals surface area contributed by atoms with Crippen LogP contribution in [0.4, 0.5) is 14.5 Å². The Labute approximate surface area is 163 Å². The third-order valence-electron chi connectivity index (χ3n) is 4.48. The predicted octanol–water partition coefficient (Wildman–Crippen LogP) is 7.38. The van der Waals surface area contributed by atoms with Crippen LogP contribution in [0.3, 0.4) is 0 Å². The minimum atomic E-state index is -0.674. The van der Waals surface area contributed by atoms with Crippen LogP contribution in [0.15, 0.2) is 65.7 Å². The molecule has 0 unspecified atom stereocenters. The van der Waals surface area contributed by atoms with Crippen molar-refractivity contribution < 1.29 is 8.78 Å². The molecule has 27 heavy (non-hydrogen) atoms. The van der Waals surface area contributed by atoms with E-state index in [2.05, 4.69) is 53.6 Å². The Hall–Kier alpha value is -2.68. The molecule has 0 heterocycles. The van der Waals surface area contributed by atoms with Crippen LogP contribution in [0.1, 0.15) is 25.3 Å². The number of nitrogens with zero attached hydrogens (tertiary/aromatic N) is 1. The van der Waals surface area contributed by atoms with E-state index >= 15 is 0 Å². The molecule has 136 valence electrons. The summed E-state index contributed by atoms with van der Waals surface area (Å²) in [6.07, 6.45) is 3.44. The first-order valence-corrected chi connectivity index (χ1v) is 9.30. The normalized spacial score (nSPS) is 10.5. The monoisotopic (exact) mass is 379 g/mol. The number of hydrogen-bond acceptors (Lipinski definition) is 2. The fourth-order valence-electron chi connectivity index (χ4n) is 3.03. The van der Waals surface area contributed by atoms with E-state index in [4.69, 9.17) is 0 Å². The van der Waals surface area contributed by atoms with Crippen LogP contribution in [0.2, 0.25) is 0 Å². The zero-order chi connectivity index (χ0) is 19.2. The number of hydrogen-bond donors (Lipinski definition) is 0. The highest BCUT2D eigenvalue weighted by molar-refractivity contribution is 7.78. The van der Waals surface area contributed by atoms with E-state index in [1.54, 1.807) is 12.1 Å². The van der Waals surface area contributed by atoms with E-state index in [0.717, 1.165) is 29.7 Å². The van der Waals surface area contributed by atoms with Crippen molar-refractivity contribution in [3.05, 3.63) is 77.9 Å². The maximum atomic E-state index is 14.3. The number of benzene rings is 3. The molecule has 1 nitrogen and oxygen atoms in total. The Morgan fingerprint density at radius 3 is 1.89 bits per heavy atom. The Kier molecular flexibility index (Phi) is 6.23. The summed E-state index contributed by atoms with van der Waals surface area (Å²) in [4.78, 5) is 3.63. The van der Waals surface area contributed by atoms with E-state index < -0.39 is 11.6 Å². The molecular weight excluding hydrogens is 360 g/mol. The Morgan fingerprint density at radius 2 is 1.37 bits per heavy atom. The molecule has 0 radical (unpaired) electrons. The van der Waals surface area contributed by atoms with Crippen molar-refractivity contribution in [1.82, 2.24) is 0 Å². The molecule has 0 N–H and O–H groups in total. The number of unbranched alkanes of at least 4 members (excludes halogenated alkanes) is 1. The highest BCUT2D eigenvalue weighted by Gasteiger charge is 2.13. The maximum absolute atomic E-state index is 14.3. The lowest BCUT2D eigenvalue weighted by molar-refractivity contribution is 0.590. The van der Waals surface area contributed by atoms with Gasteiger partial charge in [-0.3, -0.25) is 0 Å². The summed E-state index contributed by atoms with van der Waals surface area (Å²) in [5.41, 5.74) is 3.92. The molecule has 4 heteroatoms. The van der Waals surface area contributed by atoms with Crippen LogP contribution in [0.25, 0.3) is 22.3 Å². The molecule has 3 aromatic carbocycles. The van der Waals surface area contributed by atoms with E-state index in [1.807, 2.05) is 12.1 Å². The van der Waals surface area contributed by atoms with Crippen molar-refractivity contribution in [1.29, 1.82) is 0 Å². The average Bonchev–Trinajstić information content (AvgIpc) is 2.67. The molecule has 3 rings (SSSR count). The van der Waals surface area contributed by atoms with Crippen LogP contribution < -0.4 is 0 Å². The Bertz CT molecular complexity index is 949. The quantitative estimate of drug-likeness (QED) is 0.321. The largest absolute Gasteiger partial charge is 0.206 e. The molecular formula is C23H19F2NS. The molecule has 0 fully saturated rings. The topological polar surface area (TPSA) is 12.4 Å². The Balaban J connectivity index is 1.86. The smallest absolute Gasteiger partial charge is 0.136 e. The van der Waals surface area contributed by atoms with Crippen molar-refractivity contribution in [2.45, 2.75) is 26.2 Å². The lowest BCUT2D eigenvalue weighted by Gasteiger charge is -2.08. The van der Waals surface area contributed by atoms with Crippen molar-refractivity contribution in [3.8, 4) is 22.3 Å². The summed E-state index contributed by atoms with van der Waals surface area (Å²) in [6, 6.07) is 17.9. The molecule has 0 saturated heterocycles. The van der Waals surface area contributed by atoms with Gasteiger partial charge < -0.3 is 0 Å². The van der Waals surface area contributed by atoms with Gasteiger partial charge in [-0.2, -0.15) is 4.99 Å². The van der Waals surface area contributed by atoms with E-state index in [0.29, 0.717) is 5.56 Å². The first-order chi connectivity index (χ1) is 13.1. The van der Waals surface area contributed by atoms with Crippen molar-refractivity contribution in [3.63, 3.8) is 0 Å². The molecule has 0 aliphatic carbocycles. The SMILES string of the molecule is CCCCc1ccc(-c2ccc(-c3c(F)cc(N=C=S)cc3F)cc2)cc1. The lowest BCUT2D eigenvalue weighted by Crippen LogP contribution is -1.90. The Morgan fingerprint density at radius 1 is 0.852 bits per heavy atom. The summed E-state index contributed by atoms with van der Waals surface area (Å²) in [6.45, 7) is 2.18. The van der Waals surface area contributed by atoms with E-state index in [1.165, 1.54) is 18.4 Å². The molecule has 0 aromatic heterocycles. The van der Waals surface area contributed by atoms with Crippen LogP contribution in [0, 0.1) is 11.6 Å². The molecule has 0 spiro atoms. The van der Waals surface area contributed by atoms with Crippen molar-refractivity contribution in [2.75, 3.05) is 0 Å². The van der Waals surface area contributed by atoms with Crippen LogP contribution in [-0.2, 0) is 6.42 Å². The third kappa shape index (κ3) is 4.54. The zero-order valence-corrected chi connectivity index (χ0v) is 15.8. The number of halogens is 2. The van der Waals surface area contributed by atoms with Gasteiger partial charge in [-0.05, 0) is 47.3 Å². The third-order valence-corrected chi connectivity index (χ3v) is 4.57. The summed E-state index contributed by atoms with van der Waals surface area (Å²) in [5, 5.41) is 2.11. The summed E-state index contributed by atoms with van der Waals surface area (Å²) in [7, 11) is 0. The molecule has 0 atom stereocenters. The fraction of sp³-hybridized carbons (Fsp3) is 0.174. The van der Waals surface area contributed by atoms with Crippen LogP contribution >= 0.6 is 12.2 Å². The lowest BCUT2D eigenvalue weighted by atomic mass is 9.98. The summed E-state index contributed by atoms with van der Waals surface area (Å²) in [5.74, 6) is -1.35. The average molecular weight is 379 g/mol. The van der Waals surface area contributed by atoms with Gasteiger partial charge in [0.15, 0.2) is 0 Å². The zero-order valence-electron chi connectivity index (χ0n) is 15.0. The van der Waals surface area contributed by atoms with Gasteiger partial charge in [-0.1, -0.05) is 61.9 Å². The summed E-state index contributed by atoms with van der Waals surface area (Å²) >= 11 is 4.47. The van der Waals surface area contributed by atoms with Gasteiger partial charge in [0, 0.05) is 12.1 Å². The molecule has 0 amide bonds. The van der Waals surface area contributed by atoms with E-state index in [-0.39, 0.29) is 11.3 Å². The number of aryl methyl sites for hydroxylation is 1. The number of aliphatic imine (C=N–C) groups is 1. The van der Waals surface area contributed by atoms with Gasteiger partial charge in [0.05, 0.1) is 16.4 Å². The second kappa shape index (κ2) is 8.81. The first kappa shape index (κ1) is 19.1. The number of isothiocyanates is 1. The van der Waals surface area contributed by atoms with Crippen LogP contribution in [-0.4, -0.2) is 5.16 Å². The van der Waals surface area contributed by atoms with Crippen molar-refractivity contribution >= 4 is 23.1 Å². The highest BCUT2D eigenvalue weighted by atomic mass is 32.1. The molecule has 0 bridgehead atoms. The number of thiocarbonyl (C=S) groups is 1. The van der Waals surface area contributed by atoms with Gasteiger partial charge in [0.2, 0.25) is 0 Å². The van der Waals surface area contributed by atoms with Gasteiger partial charge in [0.1, 0.15) is 11.6 Å². The molecule has 3 aromatic rings. The first-order valence-electron chi connectivity index (χ1n) is 8.89. The van der Waals surface area contributed by atoms with Crippen molar-refractivity contribution in [2.24, 2.45) is 4.99 Å². The highest BCUT2D eigenvalue weighted by Crippen LogP contribution is 2.31. The van der Waals surface area contributed by atoms with E-state index in [9.17, 15) is 8.78 Å². The van der Waals surface area contributed by atoms with Gasteiger partial charge in [-0.15, -0.1) is 0 Å². The molecule has 0 aliphatic rings. The number of rotatable bonds is 6. The second-order valence-corrected chi connectivity index (χ2v) is 6.55. The fourth-order valence-corrected chi connectivity index (χ4v) is 3.13. The molecule has 0 aliphatic heterocycles. The summed E-state index contributed by atoms with van der Waals surface area (Å²) < 4.78 is 28.7. The second-order valence-electron chi connectivity index (χ2n) is 6.37. The van der Waals surface area contributed by atoms with Gasteiger partial charge >= 0.3 is 0 Å². The molecule has 0 saturated carbocycles. The predicted molar refractivity (Wildman–Crippen MR) is 111 cm³/mol. The van der Waals surface area contributed by atoms with Gasteiger partial charge in [0.25, 0.3) is 0 Å². The minimum Gasteiger partial charge on any atom is -0.206 e. The van der Waals surface area contributed by atoms with Crippen LogP contribution in [0.5, 0.6) is 0 Å². The maximum Gasteiger partial charge on any atom is 0.136 e. The minimum absolute atomic E-state index is 0.0696.